The van der Waals surface area contributed by atoms with E-state index >= 15 is 0 Å². The Kier molecular flexibility index (Phi) is 6.93. The summed E-state index contributed by atoms with van der Waals surface area (Å²) in [7, 11) is 0. The largest absolute Gasteiger partial charge is 0.125 e. The number of hydrogen-bond acceptors (Lipinski definition) is 0. The zero-order valence-electron chi connectivity index (χ0n) is 5.42. The van der Waals surface area contributed by atoms with E-state index in [9.17, 15) is 0 Å². The Balaban J connectivity index is 4.48. The predicted molar refractivity (Wildman–Crippen MR) is 58.3 cm³/mol. The summed E-state index contributed by atoms with van der Waals surface area (Å²) in [6, 6.07) is 0. The summed E-state index contributed by atoms with van der Waals surface area (Å²) in [6.07, 6.45) is 2.76. The van der Waals surface area contributed by atoms with Crippen LogP contribution in [0.25, 0.3) is 0 Å². The lowest BCUT2D eigenvalue weighted by Crippen LogP contribution is -1.67. The van der Waals surface area contributed by atoms with Gasteiger partial charge in [-0.2, -0.15) is 0 Å². The number of rotatable bonds is 2. The van der Waals surface area contributed by atoms with Gasteiger partial charge in [-0.3, -0.25) is 0 Å². The van der Waals surface area contributed by atoms with Crippen LogP contribution in [0, 0.1) is 0 Å². The van der Waals surface area contributed by atoms with Gasteiger partial charge in [-0.1, -0.05) is 69.6 Å². The first-order chi connectivity index (χ1) is 5.45. The first kappa shape index (κ1) is 13.0. The van der Waals surface area contributed by atoms with Gasteiger partial charge in [0.15, 0.2) is 0 Å². The van der Waals surface area contributed by atoms with Gasteiger partial charge in [-0.15, -0.1) is 0 Å². The fraction of sp³-hybridized carbons (Fsp3) is 0. The zero-order valence-corrected chi connectivity index (χ0v) is 9.96. The third-order valence-corrected chi connectivity index (χ3v) is 2.57. The lowest BCUT2D eigenvalue weighted by molar-refractivity contribution is 1.83. The molecule has 0 aliphatic rings. The molecule has 6 heteroatoms. The van der Waals surface area contributed by atoms with Crippen molar-refractivity contribution in [2.24, 2.45) is 0 Å². The molecule has 0 radical (unpaired) electrons. The normalized spacial score (nSPS) is 10.2. The van der Waals surface area contributed by atoms with E-state index < -0.39 is 0 Å². The van der Waals surface area contributed by atoms with Gasteiger partial charge < -0.3 is 0 Å². The molecule has 0 aliphatic carbocycles. The molecule has 0 aromatic carbocycles. The Morgan fingerprint density at radius 2 is 0.833 bits per heavy atom. The average Bonchev–Trinajstić information content (AvgIpc) is 1.98. The SMILES string of the molecule is ClC(Cl)=C(Cl)C=CC(Cl)=C(Cl)Cl. The number of halogens is 6. The van der Waals surface area contributed by atoms with Gasteiger partial charge in [0.2, 0.25) is 0 Å². The van der Waals surface area contributed by atoms with Crippen LogP contribution in [0.4, 0.5) is 0 Å². The molecule has 0 unspecified atom stereocenters. The van der Waals surface area contributed by atoms with E-state index in [2.05, 4.69) is 0 Å². The van der Waals surface area contributed by atoms with Crippen LogP contribution in [-0.4, -0.2) is 0 Å². The van der Waals surface area contributed by atoms with Crippen molar-refractivity contribution in [2.45, 2.75) is 0 Å². The van der Waals surface area contributed by atoms with Gasteiger partial charge in [0.25, 0.3) is 0 Å². The molecule has 0 bridgehead atoms. The molecule has 0 rings (SSSR count). The molecular weight excluding hydrogens is 285 g/mol. The van der Waals surface area contributed by atoms with E-state index in [1.54, 1.807) is 0 Å². The Labute approximate surface area is 100 Å². The summed E-state index contributed by atoms with van der Waals surface area (Å²) < 4.78 is -0.105. The van der Waals surface area contributed by atoms with Crippen molar-refractivity contribution in [3.8, 4) is 0 Å². The fourth-order valence-electron chi connectivity index (χ4n) is 0.272. The Bertz CT molecular complexity index is 215. The second-order valence-corrected chi connectivity index (χ2v) is 4.26. The smallest absolute Gasteiger partial charge is 0.0817 e. The Morgan fingerprint density at radius 1 is 0.583 bits per heavy atom. The highest BCUT2D eigenvalue weighted by Gasteiger charge is 1.95. The molecule has 0 aliphatic heterocycles. The summed E-state index contributed by atoms with van der Waals surface area (Å²) in [5.74, 6) is 0. The zero-order chi connectivity index (χ0) is 9.72. The first-order valence-electron chi connectivity index (χ1n) is 2.54. The van der Waals surface area contributed by atoms with Crippen molar-refractivity contribution in [3.63, 3.8) is 0 Å². The van der Waals surface area contributed by atoms with Crippen molar-refractivity contribution in [1.82, 2.24) is 0 Å². The lowest BCUT2D eigenvalue weighted by atomic mass is 10.5. The lowest BCUT2D eigenvalue weighted by Gasteiger charge is -1.89. The van der Waals surface area contributed by atoms with E-state index in [0.717, 1.165) is 0 Å². The van der Waals surface area contributed by atoms with Gasteiger partial charge in [0.05, 0.1) is 10.1 Å². The second kappa shape index (κ2) is 6.42. The molecule has 0 fully saturated rings. The van der Waals surface area contributed by atoms with Crippen molar-refractivity contribution in [2.75, 3.05) is 0 Å². The molecule has 0 aromatic rings. The topological polar surface area (TPSA) is 0 Å². The molecule has 0 N–H and O–H groups in total. The molecule has 0 atom stereocenters. The minimum atomic E-state index is -0.0527. The van der Waals surface area contributed by atoms with Crippen LogP contribution in [0.3, 0.4) is 0 Å². The van der Waals surface area contributed by atoms with Gasteiger partial charge in [0.1, 0.15) is 8.98 Å². The highest BCUT2D eigenvalue weighted by molar-refractivity contribution is 6.60. The van der Waals surface area contributed by atoms with E-state index in [1.807, 2.05) is 0 Å². The molecule has 12 heavy (non-hydrogen) atoms. The van der Waals surface area contributed by atoms with Crippen LogP contribution in [0.2, 0.25) is 0 Å². The van der Waals surface area contributed by atoms with Crippen molar-refractivity contribution < 1.29 is 0 Å². The summed E-state index contributed by atoms with van der Waals surface area (Å²) in [6.45, 7) is 0. The summed E-state index contributed by atoms with van der Waals surface area (Å²) in [5.41, 5.74) is 0. The molecular formula is C6H2Cl6. The standard InChI is InChI=1S/C6H2Cl6/c7-3(5(9)10)1-2-4(8)6(11)12/h1-2H. The molecule has 0 saturated heterocycles. The number of hydrogen-bond donors (Lipinski definition) is 0. The van der Waals surface area contributed by atoms with E-state index in [-0.39, 0.29) is 19.0 Å². The van der Waals surface area contributed by atoms with Gasteiger partial charge >= 0.3 is 0 Å². The van der Waals surface area contributed by atoms with Crippen molar-refractivity contribution in [1.29, 1.82) is 0 Å². The summed E-state index contributed by atoms with van der Waals surface area (Å²) in [5, 5.41) is 0.317. The van der Waals surface area contributed by atoms with E-state index in [1.165, 1.54) is 12.2 Å². The highest BCUT2D eigenvalue weighted by atomic mass is 35.5. The minimum Gasteiger partial charge on any atom is -0.0817 e. The Morgan fingerprint density at radius 3 is 1.00 bits per heavy atom. The van der Waals surface area contributed by atoms with Gasteiger partial charge in [-0.05, 0) is 12.2 Å². The van der Waals surface area contributed by atoms with Crippen LogP contribution in [0.5, 0.6) is 0 Å². The van der Waals surface area contributed by atoms with E-state index in [4.69, 9.17) is 69.6 Å². The molecule has 0 spiro atoms. The van der Waals surface area contributed by atoms with Crippen LogP contribution >= 0.6 is 69.6 Å². The first-order valence-corrected chi connectivity index (χ1v) is 4.81. The second-order valence-electron chi connectivity index (χ2n) is 1.55. The Hall–Kier alpha value is 0.960. The maximum Gasteiger partial charge on any atom is 0.125 e. The van der Waals surface area contributed by atoms with Gasteiger partial charge in [-0.25, -0.2) is 0 Å². The quantitative estimate of drug-likeness (QED) is 0.603. The average molecular weight is 287 g/mol. The van der Waals surface area contributed by atoms with Gasteiger partial charge in [0, 0.05) is 0 Å². The predicted octanol–water partition coefficient (Wildman–Crippen LogP) is 5.31. The van der Waals surface area contributed by atoms with Crippen molar-refractivity contribution >= 4 is 69.6 Å². The van der Waals surface area contributed by atoms with Crippen LogP contribution in [0.1, 0.15) is 0 Å². The fourth-order valence-corrected chi connectivity index (χ4v) is 0.650. The van der Waals surface area contributed by atoms with Crippen LogP contribution in [-0.2, 0) is 0 Å². The van der Waals surface area contributed by atoms with Crippen LogP contribution < -0.4 is 0 Å². The maximum atomic E-state index is 5.53. The van der Waals surface area contributed by atoms with Crippen molar-refractivity contribution in [3.05, 3.63) is 31.2 Å². The molecule has 0 heterocycles. The molecule has 0 aromatic heterocycles. The third-order valence-electron chi connectivity index (χ3n) is 0.737. The highest BCUT2D eigenvalue weighted by Crippen LogP contribution is 2.22. The molecule has 68 valence electrons. The monoisotopic (exact) mass is 284 g/mol. The summed E-state index contributed by atoms with van der Waals surface area (Å²) in [4.78, 5) is 0. The van der Waals surface area contributed by atoms with E-state index in [0.29, 0.717) is 0 Å². The van der Waals surface area contributed by atoms with Crippen LogP contribution in [0.15, 0.2) is 31.2 Å². The molecule has 0 nitrogen and oxygen atoms in total. The maximum absolute atomic E-state index is 5.53. The molecule has 0 amide bonds. The summed E-state index contributed by atoms with van der Waals surface area (Å²) >= 11 is 32.4. The minimum absolute atomic E-state index is 0.0527. The third kappa shape index (κ3) is 5.58. The molecule has 0 saturated carbocycles. The number of allylic oxidation sites excluding steroid dienone is 4.